The van der Waals surface area contributed by atoms with Crippen molar-refractivity contribution in [2.24, 2.45) is 0 Å². The number of benzene rings is 1. The van der Waals surface area contributed by atoms with Crippen molar-refractivity contribution in [3.05, 3.63) is 35.2 Å². The molecule has 0 bridgehead atoms. The summed E-state index contributed by atoms with van der Waals surface area (Å²) in [5.74, 6) is -0.282. The van der Waals surface area contributed by atoms with Gasteiger partial charge in [0.05, 0.1) is 23.0 Å². The molecule has 0 spiro atoms. The van der Waals surface area contributed by atoms with Gasteiger partial charge in [0.2, 0.25) is 0 Å². The van der Waals surface area contributed by atoms with Crippen LogP contribution < -0.4 is 4.74 Å². The van der Waals surface area contributed by atoms with Gasteiger partial charge in [-0.15, -0.1) is 0 Å². The number of fused-ring (bicyclic) bond motifs is 3. The van der Waals surface area contributed by atoms with E-state index in [1.807, 2.05) is 0 Å². The zero-order valence-corrected chi connectivity index (χ0v) is 9.60. The summed E-state index contributed by atoms with van der Waals surface area (Å²) >= 11 is 5.89. The number of methoxy groups -OCH3 is 1. The van der Waals surface area contributed by atoms with E-state index in [1.54, 1.807) is 6.07 Å². The van der Waals surface area contributed by atoms with Gasteiger partial charge in [0, 0.05) is 17.6 Å². The molecular weight excluding hydrogens is 243 g/mol. The van der Waals surface area contributed by atoms with Gasteiger partial charge in [0.15, 0.2) is 11.6 Å². The normalized spacial score (nSPS) is 11.2. The van der Waals surface area contributed by atoms with Crippen LogP contribution in [0.25, 0.3) is 21.9 Å². The van der Waals surface area contributed by atoms with Crippen molar-refractivity contribution >= 4 is 33.5 Å². The first-order valence-electron chi connectivity index (χ1n) is 4.92. The van der Waals surface area contributed by atoms with Crippen LogP contribution in [0.4, 0.5) is 4.39 Å². The molecule has 1 radical (unpaired) electrons. The molecule has 2 aromatic heterocycles. The van der Waals surface area contributed by atoms with Crippen LogP contribution in [0.2, 0.25) is 5.02 Å². The number of hydrogen-bond donors (Lipinski definition) is 1. The van der Waals surface area contributed by atoms with Gasteiger partial charge in [0.25, 0.3) is 0 Å². The lowest BCUT2D eigenvalue weighted by atomic mass is 10.1. The number of aromatic amines is 1. The number of aromatic nitrogens is 2. The molecule has 0 aliphatic carbocycles. The fraction of sp³-hybridized carbons (Fsp3) is 0.0833. The molecule has 0 saturated heterocycles. The minimum Gasteiger partial charge on any atom is -0.493 e. The molecule has 0 aliphatic rings. The third-order valence-corrected chi connectivity index (χ3v) is 2.82. The Hall–Kier alpha value is -1.81. The summed E-state index contributed by atoms with van der Waals surface area (Å²) in [7, 11) is 1.43. The molecule has 5 heteroatoms. The Morgan fingerprint density at radius 3 is 3.12 bits per heavy atom. The lowest BCUT2D eigenvalue weighted by Gasteiger charge is -2.03. The highest BCUT2D eigenvalue weighted by Gasteiger charge is 2.14. The van der Waals surface area contributed by atoms with Crippen LogP contribution in [-0.4, -0.2) is 17.1 Å². The maximum Gasteiger partial charge on any atom is 0.166 e. The number of ether oxygens (including phenoxy) is 1. The van der Waals surface area contributed by atoms with Gasteiger partial charge in [-0.25, -0.2) is 9.37 Å². The molecule has 0 atom stereocenters. The zero-order valence-electron chi connectivity index (χ0n) is 8.84. The molecule has 3 rings (SSSR count). The van der Waals surface area contributed by atoms with E-state index in [0.29, 0.717) is 21.6 Å². The van der Waals surface area contributed by atoms with Gasteiger partial charge in [-0.3, -0.25) is 0 Å². The summed E-state index contributed by atoms with van der Waals surface area (Å²) in [4.78, 5) is 7.17. The first kappa shape index (κ1) is 10.4. The minimum absolute atomic E-state index is 0.175. The summed E-state index contributed by atoms with van der Waals surface area (Å²) in [6, 6.07) is 5.76. The zero-order chi connectivity index (χ0) is 12.0. The van der Waals surface area contributed by atoms with E-state index in [2.05, 4.69) is 16.0 Å². The second-order valence-electron chi connectivity index (χ2n) is 3.59. The van der Waals surface area contributed by atoms with Crippen LogP contribution in [0, 0.1) is 11.9 Å². The molecule has 17 heavy (non-hydrogen) atoms. The average molecular weight is 250 g/mol. The SMILES string of the molecule is COc1c(F)c[c]c2[nH]c3ncc(Cl)cc3c12. The number of pyridine rings is 1. The molecule has 0 saturated carbocycles. The maximum absolute atomic E-state index is 13.6. The second-order valence-corrected chi connectivity index (χ2v) is 4.03. The third kappa shape index (κ3) is 1.45. The molecule has 3 nitrogen and oxygen atoms in total. The molecule has 0 unspecified atom stereocenters. The molecule has 0 aliphatic heterocycles. The number of nitrogens with one attached hydrogen (secondary N) is 1. The van der Waals surface area contributed by atoms with Gasteiger partial charge in [-0.2, -0.15) is 0 Å². The maximum atomic E-state index is 13.6. The van der Waals surface area contributed by atoms with E-state index in [1.165, 1.54) is 19.4 Å². The molecule has 1 aromatic carbocycles. The Kier molecular flexibility index (Phi) is 2.19. The van der Waals surface area contributed by atoms with Crippen LogP contribution in [0.5, 0.6) is 5.75 Å². The number of nitrogens with zero attached hydrogens (tertiary/aromatic N) is 1. The minimum atomic E-state index is -0.458. The van der Waals surface area contributed by atoms with Gasteiger partial charge in [-0.05, 0) is 12.1 Å². The van der Waals surface area contributed by atoms with Crippen molar-refractivity contribution in [3.63, 3.8) is 0 Å². The van der Waals surface area contributed by atoms with Gasteiger partial charge < -0.3 is 9.72 Å². The largest absolute Gasteiger partial charge is 0.493 e. The van der Waals surface area contributed by atoms with Crippen LogP contribution in [-0.2, 0) is 0 Å². The van der Waals surface area contributed by atoms with E-state index in [9.17, 15) is 4.39 Å². The summed E-state index contributed by atoms with van der Waals surface area (Å²) in [5, 5.41) is 1.82. The Morgan fingerprint density at radius 2 is 2.35 bits per heavy atom. The Bertz CT molecular complexity index is 723. The first-order chi connectivity index (χ1) is 8.20. The highest BCUT2D eigenvalue weighted by Crippen LogP contribution is 2.34. The number of halogens is 2. The fourth-order valence-corrected chi connectivity index (χ4v) is 2.07. The predicted molar refractivity (Wildman–Crippen MR) is 64.0 cm³/mol. The number of hydrogen-bond acceptors (Lipinski definition) is 2. The summed E-state index contributed by atoms with van der Waals surface area (Å²) in [5.41, 5.74) is 1.28. The van der Waals surface area contributed by atoms with Crippen LogP contribution in [0.3, 0.4) is 0 Å². The lowest BCUT2D eigenvalue weighted by molar-refractivity contribution is 0.392. The van der Waals surface area contributed by atoms with Crippen molar-refractivity contribution in [1.82, 2.24) is 9.97 Å². The smallest absolute Gasteiger partial charge is 0.166 e. The lowest BCUT2D eigenvalue weighted by Crippen LogP contribution is -1.88. The third-order valence-electron chi connectivity index (χ3n) is 2.61. The van der Waals surface area contributed by atoms with Gasteiger partial charge in [0.1, 0.15) is 5.65 Å². The monoisotopic (exact) mass is 249 g/mol. The molecule has 0 amide bonds. The van der Waals surface area contributed by atoms with Gasteiger partial charge >= 0.3 is 0 Å². The topological polar surface area (TPSA) is 37.9 Å². The van der Waals surface area contributed by atoms with E-state index in [4.69, 9.17) is 16.3 Å². The first-order valence-corrected chi connectivity index (χ1v) is 5.29. The average Bonchev–Trinajstić information content (AvgIpc) is 2.67. The highest BCUT2D eigenvalue weighted by molar-refractivity contribution is 6.31. The quantitative estimate of drug-likeness (QED) is 0.718. The Labute approximate surface area is 101 Å². The van der Waals surface area contributed by atoms with E-state index in [-0.39, 0.29) is 5.75 Å². The molecule has 2 heterocycles. The number of rotatable bonds is 1. The van der Waals surface area contributed by atoms with Crippen molar-refractivity contribution in [2.45, 2.75) is 0 Å². The molecule has 0 fully saturated rings. The fourth-order valence-electron chi connectivity index (χ4n) is 1.91. The van der Waals surface area contributed by atoms with E-state index >= 15 is 0 Å². The van der Waals surface area contributed by atoms with Crippen LogP contribution >= 0.6 is 11.6 Å². The van der Waals surface area contributed by atoms with Crippen molar-refractivity contribution < 1.29 is 9.13 Å². The molecule has 3 aromatic rings. The van der Waals surface area contributed by atoms with Crippen molar-refractivity contribution in [2.75, 3.05) is 7.11 Å². The van der Waals surface area contributed by atoms with Crippen LogP contribution in [0.15, 0.2) is 18.3 Å². The molecule has 1 N–H and O–H groups in total. The van der Waals surface area contributed by atoms with Gasteiger partial charge in [-0.1, -0.05) is 11.6 Å². The van der Waals surface area contributed by atoms with Crippen LogP contribution in [0.1, 0.15) is 0 Å². The summed E-state index contributed by atoms with van der Waals surface area (Å²) < 4.78 is 18.7. The van der Waals surface area contributed by atoms with E-state index in [0.717, 1.165) is 5.39 Å². The van der Waals surface area contributed by atoms with E-state index < -0.39 is 5.82 Å². The number of H-pyrrole nitrogens is 1. The van der Waals surface area contributed by atoms with Crippen molar-refractivity contribution in [3.8, 4) is 5.75 Å². The molecule has 85 valence electrons. The highest BCUT2D eigenvalue weighted by atomic mass is 35.5. The summed E-state index contributed by atoms with van der Waals surface area (Å²) in [6.45, 7) is 0. The second kappa shape index (κ2) is 3.60. The molecular formula is C12H7ClFN2O. The summed E-state index contributed by atoms with van der Waals surface area (Å²) in [6.07, 6.45) is 1.53. The van der Waals surface area contributed by atoms with Crippen molar-refractivity contribution in [1.29, 1.82) is 0 Å². The standard InChI is InChI=1S/C12H7ClFN2O/c1-17-11-8(14)2-3-9-10(11)7-4-6(13)5-15-12(7)16-9/h2,4-5H,1H3,(H,15,16). The Balaban J connectivity index is 2.56. The Morgan fingerprint density at radius 1 is 1.53 bits per heavy atom. The predicted octanol–water partition coefficient (Wildman–Crippen LogP) is 3.32.